The fraction of sp³-hybridized carbons (Fsp3) is 0.348. The minimum Gasteiger partial charge on any atom is -0.302 e. The second-order valence-electron chi connectivity index (χ2n) is 7.69. The van der Waals surface area contributed by atoms with Gasteiger partial charge in [-0.3, -0.25) is 5.10 Å². The first-order valence-electron chi connectivity index (χ1n) is 9.77. The number of rotatable bonds is 6. The Balaban J connectivity index is 1.46. The van der Waals surface area contributed by atoms with E-state index in [-0.39, 0.29) is 0 Å². The number of nitrogens with one attached hydrogen (secondary N) is 1. The highest BCUT2D eigenvalue weighted by Gasteiger charge is 2.22. The minimum atomic E-state index is 0.676. The zero-order valence-corrected chi connectivity index (χ0v) is 16.2. The zero-order valence-electron chi connectivity index (χ0n) is 16.2. The van der Waals surface area contributed by atoms with Crippen LogP contribution in [-0.2, 0) is 6.54 Å². The van der Waals surface area contributed by atoms with Crippen LogP contribution in [-0.4, -0.2) is 53.2 Å². The van der Waals surface area contributed by atoms with Gasteiger partial charge in [-0.25, -0.2) is 0 Å². The number of likely N-dealkylation sites (tertiary alicyclic amines) is 1. The molecule has 4 nitrogen and oxygen atoms in total. The fourth-order valence-corrected chi connectivity index (χ4v) is 4.07. The molecule has 1 fully saturated rings. The molecule has 0 spiro atoms. The summed E-state index contributed by atoms with van der Waals surface area (Å²) >= 11 is 0. The van der Waals surface area contributed by atoms with E-state index in [1.807, 2.05) is 6.20 Å². The Morgan fingerprint density at radius 3 is 2.44 bits per heavy atom. The Morgan fingerprint density at radius 2 is 1.74 bits per heavy atom. The van der Waals surface area contributed by atoms with Gasteiger partial charge in [0.15, 0.2) is 0 Å². The molecule has 4 rings (SSSR count). The average Bonchev–Trinajstić information content (AvgIpc) is 3.32. The smallest absolute Gasteiger partial charge is 0.0695 e. The molecule has 1 atom stereocenters. The predicted molar refractivity (Wildman–Crippen MR) is 111 cm³/mol. The van der Waals surface area contributed by atoms with Crippen molar-refractivity contribution in [2.45, 2.75) is 25.4 Å². The van der Waals surface area contributed by atoms with Crippen LogP contribution in [0.5, 0.6) is 0 Å². The standard InChI is InChI=1S/C23H28N4/c1-26(17-22-9-6-14-27(22)2)16-21-15-24-25-23(21)20-12-10-19(11-13-20)18-7-4-3-5-8-18/h3-5,7-8,10-13,15,22H,6,9,14,16-17H2,1-2H3,(H,24,25)/t22-/m1/s1. The highest BCUT2D eigenvalue weighted by Crippen LogP contribution is 2.26. The molecule has 0 unspecified atom stereocenters. The molecule has 0 saturated carbocycles. The van der Waals surface area contributed by atoms with Gasteiger partial charge in [0.1, 0.15) is 0 Å². The molecule has 1 aliphatic heterocycles. The van der Waals surface area contributed by atoms with Gasteiger partial charge in [-0.15, -0.1) is 0 Å². The van der Waals surface area contributed by atoms with Crippen LogP contribution in [0.1, 0.15) is 18.4 Å². The summed E-state index contributed by atoms with van der Waals surface area (Å²) in [7, 11) is 4.45. The Bertz CT molecular complexity index is 854. The quantitative estimate of drug-likeness (QED) is 0.713. The molecule has 140 valence electrons. The summed E-state index contributed by atoms with van der Waals surface area (Å²) in [6.07, 6.45) is 4.59. The second kappa shape index (κ2) is 8.07. The van der Waals surface area contributed by atoms with Crippen LogP contribution in [0.15, 0.2) is 60.8 Å². The summed E-state index contributed by atoms with van der Waals surface area (Å²) in [4.78, 5) is 4.90. The Morgan fingerprint density at radius 1 is 1.04 bits per heavy atom. The molecule has 0 bridgehead atoms. The Labute approximate surface area is 161 Å². The van der Waals surface area contributed by atoms with Crippen LogP contribution in [0, 0.1) is 0 Å². The second-order valence-corrected chi connectivity index (χ2v) is 7.69. The number of benzene rings is 2. The number of aromatic nitrogens is 2. The maximum atomic E-state index is 4.32. The van der Waals surface area contributed by atoms with E-state index in [1.165, 1.54) is 41.6 Å². The summed E-state index contributed by atoms with van der Waals surface area (Å²) in [6.45, 7) is 3.24. The molecular formula is C23H28N4. The molecule has 27 heavy (non-hydrogen) atoms. The molecule has 4 heteroatoms. The third-order valence-electron chi connectivity index (χ3n) is 5.63. The molecule has 2 heterocycles. The van der Waals surface area contributed by atoms with Gasteiger partial charge in [0.2, 0.25) is 0 Å². The maximum Gasteiger partial charge on any atom is 0.0695 e. The lowest BCUT2D eigenvalue weighted by molar-refractivity contribution is 0.215. The van der Waals surface area contributed by atoms with Crippen molar-refractivity contribution < 1.29 is 0 Å². The van der Waals surface area contributed by atoms with E-state index >= 15 is 0 Å². The van der Waals surface area contributed by atoms with E-state index in [0.717, 1.165) is 18.8 Å². The van der Waals surface area contributed by atoms with Crippen molar-refractivity contribution in [3.8, 4) is 22.4 Å². The van der Waals surface area contributed by atoms with Crippen LogP contribution in [0.2, 0.25) is 0 Å². The lowest BCUT2D eigenvalue weighted by atomic mass is 10.0. The van der Waals surface area contributed by atoms with E-state index < -0.39 is 0 Å². The third-order valence-corrected chi connectivity index (χ3v) is 5.63. The van der Waals surface area contributed by atoms with Crippen LogP contribution >= 0.6 is 0 Å². The maximum absolute atomic E-state index is 4.32. The normalized spacial score (nSPS) is 17.7. The number of H-pyrrole nitrogens is 1. The summed E-state index contributed by atoms with van der Waals surface area (Å²) in [5.74, 6) is 0. The number of hydrogen-bond acceptors (Lipinski definition) is 3. The van der Waals surface area contributed by atoms with Crippen molar-refractivity contribution >= 4 is 0 Å². The van der Waals surface area contributed by atoms with Crippen LogP contribution < -0.4 is 0 Å². The monoisotopic (exact) mass is 360 g/mol. The third kappa shape index (κ3) is 4.12. The van der Waals surface area contributed by atoms with E-state index in [1.54, 1.807) is 0 Å². The largest absolute Gasteiger partial charge is 0.302 e. The molecule has 0 aliphatic carbocycles. The fourth-order valence-electron chi connectivity index (χ4n) is 4.07. The van der Waals surface area contributed by atoms with Gasteiger partial charge in [0.05, 0.1) is 11.9 Å². The predicted octanol–water partition coefficient (Wildman–Crippen LogP) is 4.27. The average molecular weight is 361 g/mol. The molecule has 3 aromatic rings. The molecule has 1 saturated heterocycles. The van der Waals surface area contributed by atoms with Gasteiger partial charge in [-0.2, -0.15) is 5.10 Å². The molecule has 1 aliphatic rings. The first-order chi connectivity index (χ1) is 13.2. The summed E-state index contributed by atoms with van der Waals surface area (Å²) in [5.41, 5.74) is 6.05. The SMILES string of the molecule is CN(Cc1cn[nH]c1-c1ccc(-c2ccccc2)cc1)C[C@H]1CCCN1C. The van der Waals surface area contributed by atoms with Crippen molar-refractivity contribution in [3.63, 3.8) is 0 Å². The number of aromatic amines is 1. The lowest BCUT2D eigenvalue weighted by Gasteiger charge is -2.25. The topological polar surface area (TPSA) is 35.2 Å². The highest BCUT2D eigenvalue weighted by molar-refractivity contribution is 5.69. The molecule has 0 radical (unpaired) electrons. The minimum absolute atomic E-state index is 0.676. The first-order valence-corrected chi connectivity index (χ1v) is 9.77. The molecule has 1 aromatic heterocycles. The van der Waals surface area contributed by atoms with Gasteiger partial charge >= 0.3 is 0 Å². The summed E-state index contributed by atoms with van der Waals surface area (Å²) < 4.78 is 0. The molecule has 2 aromatic carbocycles. The van der Waals surface area contributed by atoms with Crippen LogP contribution in [0.4, 0.5) is 0 Å². The van der Waals surface area contributed by atoms with Gasteiger partial charge in [0.25, 0.3) is 0 Å². The zero-order chi connectivity index (χ0) is 18.6. The summed E-state index contributed by atoms with van der Waals surface area (Å²) in [6, 6.07) is 19.9. The van der Waals surface area contributed by atoms with Gasteiger partial charge in [0, 0.05) is 24.7 Å². The van der Waals surface area contributed by atoms with Gasteiger partial charge in [-0.1, -0.05) is 54.6 Å². The van der Waals surface area contributed by atoms with Crippen molar-refractivity contribution in [1.29, 1.82) is 0 Å². The van der Waals surface area contributed by atoms with Crippen molar-refractivity contribution in [2.75, 3.05) is 27.2 Å². The Hall–Kier alpha value is -2.43. The van der Waals surface area contributed by atoms with E-state index in [9.17, 15) is 0 Å². The highest BCUT2D eigenvalue weighted by atomic mass is 15.2. The number of hydrogen-bond donors (Lipinski definition) is 1. The van der Waals surface area contributed by atoms with Crippen LogP contribution in [0.3, 0.4) is 0 Å². The van der Waals surface area contributed by atoms with Crippen LogP contribution in [0.25, 0.3) is 22.4 Å². The molecule has 0 amide bonds. The van der Waals surface area contributed by atoms with E-state index in [2.05, 4.69) is 88.7 Å². The van der Waals surface area contributed by atoms with Crippen molar-refractivity contribution in [2.24, 2.45) is 0 Å². The first kappa shape index (κ1) is 18.0. The lowest BCUT2D eigenvalue weighted by Crippen LogP contribution is -2.36. The number of nitrogens with zero attached hydrogens (tertiary/aromatic N) is 3. The van der Waals surface area contributed by atoms with Gasteiger partial charge < -0.3 is 9.80 Å². The van der Waals surface area contributed by atoms with Crippen molar-refractivity contribution in [3.05, 3.63) is 66.4 Å². The van der Waals surface area contributed by atoms with Crippen molar-refractivity contribution in [1.82, 2.24) is 20.0 Å². The summed E-state index contributed by atoms with van der Waals surface area (Å²) in [5, 5.41) is 7.52. The van der Waals surface area contributed by atoms with Gasteiger partial charge in [-0.05, 0) is 50.2 Å². The molecule has 1 N–H and O–H groups in total. The van der Waals surface area contributed by atoms with E-state index in [0.29, 0.717) is 6.04 Å². The Kier molecular flexibility index (Phi) is 5.37. The van der Waals surface area contributed by atoms with E-state index in [4.69, 9.17) is 0 Å². The molecular weight excluding hydrogens is 332 g/mol. The number of likely N-dealkylation sites (N-methyl/N-ethyl adjacent to an activating group) is 2.